The van der Waals surface area contributed by atoms with Gasteiger partial charge in [0.25, 0.3) is 0 Å². The van der Waals surface area contributed by atoms with Crippen molar-refractivity contribution in [1.82, 2.24) is 4.98 Å². The van der Waals surface area contributed by atoms with Gasteiger partial charge in [-0.1, -0.05) is 6.07 Å². The number of nitrogens with two attached hydrogens (primary N) is 1. The number of aromatic nitrogens is 1. The zero-order valence-corrected chi connectivity index (χ0v) is 9.09. The Hall–Kier alpha value is -1.48. The molecule has 0 amide bonds. The Morgan fingerprint density at radius 3 is 2.73 bits per heavy atom. The van der Waals surface area contributed by atoms with E-state index < -0.39 is 0 Å². The molecule has 4 N–H and O–H groups in total. The highest BCUT2D eigenvalue weighted by molar-refractivity contribution is 5.96. The number of nitrogens with one attached hydrogen (secondary N) is 1. The van der Waals surface area contributed by atoms with Crippen LogP contribution in [0.2, 0.25) is 0 Å². The van der Waals surface area contributed by atoms with Gasteiger partial charge in [0.2, 0.25) is 0 Å². The minimum absolute atomic E-state index is 0.154. The number of aromatic amines is 1. The second-order valence-corrected chi connectivity index (χ2v) is 3.92. The SMILES string of the molecule is Cc1[nH]c2c(C)ccc(N)c2c1CCO. The Bertz CT molecular complexity index is 500. The normalized spacial score (nSPS) is 11.1. The first-order valence-corrected chi connectivity index (χ1v) is 5.12. The molecule has 3 nitrogen and oxygen atoms in total. The fraction of sp³-hybridized carbons (Fsp3) is 0.333. The van der Waals surface area contributed by atoms with Gasteiger partial charge < -0.3 is 15.8 Å². The van der Waals surface area contributed by atoms with Gasteiger partial charge in [-0.2, -0.15) is 0 Å². The molecule has 0 aliphatic heterocycles. The van der Waals surface area contributed by atoms with E-state index in [1.165, 1.54) is 5.56 Å². The third-order valence-corrected chi connectivity index (χ3v) is 2.87. The molecule has 80 valence electrons. The van der Waals surface area contributed by atoms with Crippen LogP contribution in [0.1, 0.15) is 16.8 Å². The number of benzene rings is 1. The predicted molar refractivity (Wildman–Crippen MR) is 63.0 cm³/mol. The molecule has 1 heterocycles. The monoisotopic (exact) mass is 204 g/mol. The highest BCUT2D eigenvalue weighted by Crippen LogP contribution is 2.29. The van der Waals surface area contributed by atoms with E-state index in [9.17, 15) is 0 Å². The van der Waals surface area contributed by atoms with Crippen molar-refractivity contribution in [3.63, 3.8) is 0 Å². The van der Waals surface area contributed by atoms with Crippen molar-refractivity contribution in [1.29, 1.82) is 0 Å². The molecule has 0 fully saturated rings. The minimum Gasteiger partial charge on any atom is -0.398 e. The fourth-order valence-corrected chi connectivity index (χ4v) is 2.08. The molecule has 15 heavy (non-hydrogen) atoms. The highest BCUT2D eigenvalue weighted by Gasteiger charge is 2.11. The molecule has 0 unspecified atom stereocenters. The van der Waals surface area contributed by atoms with Crippen LogP contribution in [0.5, 0.6) is 0 Å². The maximum absolute atomic E-state index is 9.03. The van der Waals surface area contributed by atoms with Crippen molar-refractivity contribution in [3.05, 3.63) is 29.0 Å². The molecule has 0 saturated heterocycles. The van der Waals surface area contributed by atoms with E-state index >= 15 is 0 Å². The van der Waals surface area contributed by atoms with E-state index in [1.54, 1.807) is 0 Å². The summed E-state index contributed by atoms with van der Waals surface area (Å²) in [6.45, 7) is 4.23. The first kappa shape index (κ1) is 10.1. The maximum Gasteiger partial charge on any atom is 0.0509 e. The van der Waals surface area contributed by atoms with Gasteiger partial charge in [0.1, 0.15) is 0 Å². The van der Waals surface area contributed by atoms with Crippen molar-refractivity contribution in [3.8, 4) is 0 Å². The Balaban J connectivity index is 2.79. The largest absolute Gasteiger partial charge is 0.398 e. The van der Waals surface area contributed by atoms with Gasteiger partial charge in [-0.3, -0.25) is 0 Å². The van der Waals surface area contributed by atoms with Crippen molar-refractivity contribution < 1.29 is 5.11 Å². The number of anilines is 1. The lowest BCUT2D eigenvalue weighted by atomic mass is 10.0. The van der Waals surface area contributed by atoms with Crippen LogP contribution in [0.15, 0.2) is 12.1 Å². The van der Waals surface area contributed by atoms with Gasteiger partial charge in [0.15, 0.2) is 0 Å². The Kier molecular flexibility index (Phi) is 2.40. The zero-order chi connectivity index (χ0) is 11.0. The van der Waals surface area contributed by atoms with E-state index in [2.05, 4.69) is 11.9 Å². The summed E-state index contributed by atoms with van der Waals surface area (Å²) in [5, 5.41) is 10.1. The average molecular weight is 204 g/mol. The molecule has 3 heteroatoms. The molecule has 0 bridgehead atoms. The first-order chi connectivity index (χ1) is 7.15. The van der Waals surface area contributed by atoms with Crippen LogP contribution in [-0.2, 0) is 6.42 Å². The molecule has 0 radical (unpaired) electrons. The van der Waals surface area contributed by atoms with E-state index in [-0.39, 0.29) is 6.61 Å². The Labute approximate surface area is 88.9 Å². The number of aliphatic hydroxyl groups is 1. The van der Waals surface area contributed by atoms with Crippen LogP contribution in [0.25, 0.3) is 10.9 Å². The summed E-state index contributed by atoms with van der Waals surface area (Å²) >= 11 is 0. The second kappa shape index (κ2) is 3.59. The quantitative estimate of drug-likeness (QED) is 0.654. The first-order valence-electron chi connectivity index (χ1n) is 5.12. The minimum atomic E-state index is 0.154. The second-order valence-electron chi connectivity index (χ2n) is 3.92. The number of hydrogen-bond donors (Lipinski definition) is 3. The summed E-state index contributed by atoms with van der Waals surface area (Å²) in [6.07, 6.45) is 0.652. The molecule has 0 spiro atoms. The number of aryl methyl sites for hydroxylation is 2. The summed E-state index contributed by atoms with van der Waals surface area (Å²) < 4.78 is 0. The number of nitrogen functional groups attached to an aromatic ring is 1. The number of hydrogen-bond acceptors (Lipinski definition) is 2. The Morgan fingerprint density at radius 1 is 1.33 bits per heavy atom. The lowest BCUT2D eigenvalue weighted by molar-refractivity contribution is 0.300. The van der Waals surface area contributed by atoms with Crippen LogP contribution in [0.4, 0.5) is 5.69 Å². The summed E-state index contributed by atoms with van der Waals surface area (Å²) in [7, 11) is 0. The van der Waals surface area contributed by atoms with E-state index in [4.69, 9.17) is 10.8 Å². The van der Waals surface area contributed by atoms with Crippen LogP contribution in [-0.4, -0.2) is 16.7 Å². The molecule has 2 aromatic rings. The van der Waals surface area contributed by atoms with Gasteiger partial charge in [-0.05, 0) is 37.5 Å². The molecule has 0 aliphatic carbocycles. The molecule has 1 aromatic heterocycles. The van der Waals surface area contributed by atoms with Crippen molar-refractivity contribution in [2.45, 2.75) is 20.3 Å². The number of fused-ring (bicyclic) bond motifs is 1. The Morgan fingerprint density at radius 2 is 2.07 bits per heavy atom. The maximum atomic E-state index is 9.03. The zero-order valence-electron chi connectivity index (χ0n) is 9.09. The van der Waals surface area contributed by atoms with Gasteiger partial charge in [-0.15, -0.1) is 0 Å². The van der Waals surface area contributed by atoms with Crippen LogP contribution in [0.3, 0.4) is 0 Å². The van der Waals surface area contributed by atoms with Crippen molar-refractivity contribution >= 4 is 16.6 Å². The lowest BCUT2D eigenvalue weighted by Gasteiger charge is -2.02. The smallest absolute Gasteiger partial charge is 0.0509 e. The van der Waals surface area contributed by atoms with Crippen LogP contribution >= 0.6 is 0 Å². The molecule has 1 aromatic carbocycles. The summed E-state index contributed by atoms with van der Waals surface area (Å²) in [5.74, 6) is 0. The molecule has 0 saturated carbocycles. The standard InChI is InChI=1S/C12H16N2O/c1-7-3-4-10(13)11-9(5-6-15)8(2)14-12(7)11/h3-4,14-15H,5-6,13H2,1-2H3. The number of H-pyrrole nitrogens is 1. The third kappa shape index (κ3) is 1.49. The summed E-state index contributed by atoms with van der Waals surface area (Å²) in [4.78, 5) is 3.33. The highest BCUT2D eigenvalue weighted by atomic mass is 16.2. The van der Waals surface area contributed by atoms with Gasteiger partial charge in [0, 0.05) is 23.4 Å². The average Bonchev–Trinajstić information content (AvgIpc) is 2.53. The topological polar surface area (TPSA) is 62.0 Å². The summed E-state index contributed by atoms with van der Waals surface area (Å²) in [6, 6.07) is 3.93. The molecule has 0 atom stereocenters. The van der Waals surface area contributed by atoms with Gasteiger partial charge in [0.05, 0.1) is 5.52 Å². The van der Waals surface area contributed by atoms with Gasteiger partial charge >= 0.3 is 0 Å². The van der Waals surface area contributed by atoms with Crippen molar-refractivity contribution in [2.75, 3.05) is 12.3 Å². The lowest BCUT2D eigenvalue weighted by Crippen LogP contribution is -1.94. The fourth-order valence-electron chi connectivity index (χ4n) is 2.08. The molecule has 0 aliphatic rings. The molecular weight excluding hydrogens is 188 g/mol. The summed E-state index contributed by atoms with van der Waals surface area (Å²) in [5.41, 5.74) is 11.3. The van der Waals surface area contributed by atoms with E-state index in [0.29, 0.717) is 6.42 Å². The van der Waals surface area contributed by atoms with Crippen LogP contribution < -0.4 is 5.73 Å². The third-order valence-electron chi connectivity index (χ3n) is 2.87. The number of aliphatic hydroxyl groups excluding tert-OH is 1. The molecular formula is C12H16N2O. The molecule has 2 rings (SSSR count). The van der Waals surface area contributed by atoms with Crippen LogP contribution in [0, 0.1) is 13.8 Å². The van der Waals surface area contributed by atoms with E-state index in [0.717, 1.165) is 27.8 Å². The predicted octanol–water partition coefficient (Wildman–Crippen LogP) is 1.90. The van der Waals surface area contributed by atoms with Gasteiger partial charge in [-0.25, -0.2) is 0 Å². The number of rotatable bonds is 2. The van der Waals surface area contributed by atoms with Crippen molar-refractivity contribution in [2.24, 2.45) is 0 Å². The van der Waals surface area contributed by atoms with E-state index in [1.807, 2.05) is 19.1 Å².